The van der Waals surface area contributed by atoms with Gasteiger partial charge in [0.2, 0.25) is 0 Å². The maximum Gasteiger partial charge on any atom is 0.166 e. The number of hydrogen-bond donors (Lipinski definition) is 1. The van der Waals surface area contributed by atoms with Crippen LogP contribution in [0.5, 0.6) is 11.5 Å². The van der Waals surface area contributed by atoms with E-state index in [1.165, 1.54) is 6.07 Å². The summed E-state index contributed by atoms with van der Waals surface area (Å²) in [6.07, 6.45) is 1.05. The zero-order valence-electron chi connectivity index (χ0n) is 13.9. The van der Waals surface area contributed by atoms with E-state index < -0.39 is 0 Å². The van der Waals surface area contributed by atoms with Gasteiger partial charge in [-0.15, -0.1) is 0 Å². The summed E-state index contributed by atoms with van der Waals surface area (Å²) in [7, 11) is 1.61. The summed E-state index contributed by atoms with van der Waals surface area (Å²) >= 11 is 0. The molecular weight excluding hydrogens is 293 g/mol. The van der Waals surface area contributed by atoms with Gasteiger partial charge in [-0.2, -0.15) is 0 Å². The van der Waals surface area contributed by atoms with Crippen molar-refractivity contribution in [2.45, 2.75) is 39.5 Å². The standard InChI is InChI=1S/C19H24FNO2/c1-4-14(2)21-12-15-9-7-11-18(22-3)19(15)23-13-16-8-5-6-10-17(16)20/h5-11,14,21H,4,12-13H2,1-3H3/t14-/m0/s1. The van der Waals surface area contributed by atoms with E-state index in [0.29, 0.717) is 29.6 Å². The predicted octanol–water partition coefficient (Wildman–Crippen LogP) is 4.30. The van der Waals surface area contributed by atoms with Crippen molar-refractivity contribution in [3.8, 4) is 11.5 Å². The first-order valence-corrected chi connectivity index (χ1v) is 7.91. The number of nitrogens with one attached hydrogen (secondary N) is 1. The smallest absolute Gasteiger partial charge is 0.166 e. The molecule has 23 heavy (non-hydrogen) atoms. The third-order valence-electron chi connectivity index (χ3n) is 3.86. The molecule has 4 heteroatoms. The van der Waals surface area contributed by atoms with Gasteiger partial charge in [-0.1, -0.05) is 37.3 Å². The lowest BCUT2D eigenvalue weighted by molar-refractivity contribution is 0.275. The summed E-state index contributed by atoms with van der Waals surface area (Å²) in [4.78, 5) is 0. The lowest BCUT2D eigenvalue weighted by atomic mass is 10.1. The van der Waals surface area contributed by atoms with Crippen molar-refractivity contribution in [2.75, 3.05) is 7.11 Å². The van der Waals surface area contributed by atoms with Gasteiger partial charge in [0.15, 0.2) is 11.5 Å². The van der Waals surface area contributed by atoms with Crippen LogP contribution in [0, 0.1) is 5.82 Å². The fourth-order valence-corrected chi connectivity index (χ4v) is 2.22. The Kier molecular flexibility index (Phi) is 6.41. The SMILES string of the molecule is CC[C@H](C)NCc1cccc(OC)c1OCc1ccccc1F. The Balaban J connectivity index is 2.16. The van der Waals surface area contributed by atoms with Crippen LogP contribution in [-0.4, -0.2) is 13.2 Å². The highest BCUT2D eigenvalue weighted by atomic mass is 19.1. The Hall–Kier alpha value is -2.07. The van der Waals surface area contributed by atoms with Crippen molar-refractivity contribution in [3.05, 3.63) is 59.4 Å². The Morgan fingerprint density at radius 3 is 2.52 bits per heavy atom. The molecule has 0 aromatic heterocycles. The first-order valence-electron chi connectivity index (χ1n) is 7.91. The van der Waals surface area contributed by atoms with Crippen molar-refractivity contribution >= 4 is 0 Å². The number of rotatable bonds is 8. The molecule has 0 aliphatic rings. The van der Waals surface area contributed by atoms with Crippen LogP contribution < -0.4 is 14.8 Å². The predicted molar refractivity (Wildman–Crippen MR) is 90.3 cm³/mol. The number of methoxy groups -OCH3 is 1. The van der Waals surface area contributed by atoms with Gasteiger partial charge in [0, 0.05) is 23.7 Å². The van der Waals surface area contributed by atoms with Gasteiger partial charge >= 0.3 is 0 Å². The first-order chi connectivity index (χ1) is 11.2. The summed E-state index contributed by atoms with van der Waals surface area (Å²) in [6.45, 7) is 5.13. The minimum atomic E-state index is -0.262. The monoisotopic (exact) mass is 317 g/mol. The molecule has 0 fully saturated rings. The van der Waals surface area contributed by atoms with Crippen LogP contribution >= 0.6 is 0 Å². The minimum absolute atomic E-state index is 0.170. The summed E-state index contributed by atoms with van der Waals surface area (Å²) in [5, 5.41) is 3.44. The topological polar surface area (TPSA) is 30.5 Å². The van der Waals surface area contributed by atoms with Gasteiger partial charge in [0.25, 0.3) is 0 Å². The average Bonchev–Trinajstić information content (AvgIpc) is 2.59. The summed E-state index contributed by atoms with van der Waals surface area (Å²) in [6, 6.07) is 12.8. The van der Waals surface area contributed by atoms with Gasteiger partial charge in [-0.25, -0.2) is 4.39 Å². The van der Waals surface area contributed by atoms with Crippen LogP contribution in [0.15, 0.2) is 42.5 Å². The second-order valence-electron chi connectivity index (χ2n) is 5.52. The zero-order valence-corrected chi connectivity index (χ0v) is 13.9. The zero-order chi connectivity index (χ0) is 16.7. The molecule has 2 aromatic carbocycles. The lowest BCUT2D eigenvalue weighted by Crippen LogP contribution is -2.24. The second-order valence-corrected chi connectivity index (χ2v) is 5.52. The van der Waals surface area contributed by atoms with Crippen LogP contribution in [-0.2, 0) is 13.2 Å². The average molecular weight is 317 g/mol. The number of hydrogen-bond acceptors (Lipinski definition) is 3. The number of benzene rings is 2. The van der Waals surface area contributed by atoms with Crippen LogP contribution in [0.3, 0.4) is 0 Å². The molecule has 1 N–H and O–H groups in total. The molecule has 1 atom stereocenters. The van der Waals surface area contributed by atoms with Gasteiger partial charge in [-0.3, -0.25) is 0 Å². The highest BCUT2D eigenvalue weighted by Gasteiger charge is 2.12. The van der Waals surface area contributed by atoms with E-state index in [2.05, 4.69) is 19.2 Å². The molecule has 0 heterocycles. The third-order valence-corrected chi connectivity index (χ3v) is 3.86. The summed E-state index contributed by atoms with van der Waals surface area (Å²) in [5.74, 6) is 1.06. The van der Waals surface area contributed by atoms with Gasteiger partial charge in [0.05, 0.1) is 7.11 Å². The largest absolute Gasteiger partial charge is 0.493 e. The Morgan fingerprint density at radius 2 is 1.83 bits per heavy atom. The normalized spacial score (nSPS) is 12.0. The Labute approximate surface area is 137 Å². The maximum absolute atomic E-state index is 13.8. The van der Waals surface area contributed by atoms with E-state index in [4.69, 9.17) is 9.47 Å². The second kappa shape index (κ2) is 8.53. The summed E-state index contributed by atoms with van der Waals surface area (Å²) < 4.78 is 25.0. The van der Waals surface area contributed by atoms with Gasteiger partial charge in [0.1, 0.15) is 12.4 Å². The highest BCUT2D eigenvalue weighted by molar-refractivity contribution is 5.46. The number of ether oxygens (including phenoxy) is 2. The van der Waals surface area contributed by atoms with E-state index in [-0.39, 0.29) is 12.4 Å². The van der Waals surface area contributed by atoms with Crippen LogP contribution in [0.25, 0.3) is 0 Å². The molecule has 0 bridgehead atoms. The van der Waals surface area contributed by atoms with E-state index in [1.54, 1.807) is 25.3 Å². The Morgan fingerprint density at radius 1 is 1.09 bits per heavy atom. The Bertz CT molecular complexity index is 631. The maximum atomic E-state index is 13.8. The van der Waals surface area contributed by atoms with Gasteiger partial charge in [-0.05, 0) is 25.5 Å². The van der Waals surface area contributed by atoms with Crippen molar-refractivity contribution in [1.29, 1.82) is 0 Å². The molecule has 0 saturated carbocycles. The van der Waals surface area contributed by atoms with Gasteiger partial charge < -0.3 is 14.8 Å². The molecule has 3 nitrogen and oxygen atoms in total. The quantitative estimate of drug-likeness (QED) is 0.787. The van der Waals surface area contributed by atoms with E-state index in [1.807, 2.05) is 18.2 Å². The molecular formula is C19H24FNO2. The van der Waals surface area contributed by atoms with E-state index in [0.717, 1.165) is 12.0 Å². The molecule has 124 valence electrons. The number of halogens is 1. The molecule has 0 radical (unpaired) electrons. The molecule has 2 aromatic rings. The van der Waals surface area contributed by atoms with Crippen LogP contribution in [0.2, 0.25) is 0 Å². The van der Waals surface area contributed by atoms with E-state index >= 15 is 0 Å². The number of para-hydroxylation sites is 1. The van der Waals surface area contributed by atoms with Crippen molar-refractivity contribution in [2.24, 2.45) is 0 Å². The van der Waals surface area contributed by atoms with Crippen molar-refractivity contribution in [3.63, 3.8) is 0 Å². The van der Waals surface area contributed by atoms with Crippen LogP contribution in [0.4, 0.5) is 4.39 Å². The van der Waals surface area contributed by atoms with Crippen LogP contribution in [0.1, 0.15) is 31.4 Å². The molecule has 0 saturated heterocycles. The molecule has 0 spiro atoms. The molecule has 0 aliphatic heterocycles. The van der Waals surface area contributed by atoms with Crippen molar-refractivity contribution in [1.82, 2.24) is 5.32 Å². The highest BCUT2D eigenvalue weighted by Crippen LogP contribution is 2.32. The lowest BCUT2D eigenvalue weighted by Gasteiger charge is -2.17. The molecule has 2 rings (SSSR count). The fourth-order valence-electron chi connectivity index (χ4n) is 2.22. The third kappa shape index (κ3) is 4.70. The van der Waals surface area contributed by atoms with Crippen molar-refractivity contribution < 1.29 is 13.9 Å². The first kappa shape index (κ1) is 17.3. The molecule has 0 aliphatic carbocycles. The van der Waals surface area contributed by atoms with E-state index in [9.17, 15) is 4.39 Å². The molecule has 0 unspecified atom stereocenters. The minimum Gasteiger partial charge on any atom is -0.493 e. The molecule has 0 amide bonds. The fraction of sp³-hybridized carbons (Fsp3) is 0.368. The summed E-state index contributed by atoms with van der Waals surface area (Å²) in [5.41, 5.74) is 1.53.